The van der Waals surface area contributed by atoms with E-state index in [2.05, 4.69) is 20.8 Å². The average molecular weight is 339 g/mol. The molecule has 0 aromatic carbocycles. The molecule has 2 rings (SSSR count). The second kappa shape index (κ2) is 7.35. The number of aliphatic hydroxyl groups is 1. The maximum Gasteiger partial charge on any atom is 0.305 e. The van der Waals surface area contributed by atoms with Gasteiger partial charge in [0, 0.05) is 6.42 Å². The molecule has 140 valence electrons. The first kappa shape index (κ1) is 19.8. The van der Waals surface area contributed by atoms with Crippen LogP contribution < -0.4 is 0 Å². The van der Waals surface area contributed by atoms with Gasteiger partial charge in [0.1, 0.15) is 0 Å². The van der Waals surface area contributed by atoms with E-state index in [1.807, 2.05) is 13.8 Å². The van der Waals surface area contributed by atoms with Gasteiger partial charge in [-0.25, -0.2) is 0 Å². The number of rotatable bonds is 6. The van der Waals surface area contributed by atoms with Crippen molar-refractivity contribution in [3.63, 3.8) is 0 Å². The zero-order valence-electron chi connectivity index (χ0n) is 16.5. The highest BCUT2D eigenvalue weighted by Crippen LogP contribution is 2.62. The normalized spacial score (nSPS) is 38.4. The lowest BCUT2D eigenvalue weighted by molar-refractivity contribution is -0.170. The molecule has 0 heterocycles. The van der Waals surface area contributed by atoms with Gasteiger partial charge in [0.25, 0.3) is 0 Å². The highest BCUT2D eigenvalue weighted by molar-refractivity contribution is 5.69. The molecule has 2 fully saturated rings. The van der Waals surface area contributed by atoms with Crippen LogP contribution in [-0.4, -0.2) is 23.3 Å². The molecule has 1 N–H and O–H groups in total. The summed E-state index contributed by atoms with van der Waals surface area (Å²) in [6.07, 6.45) is 8.98. The molecule has 3 nitrogen and oxygen atoms in total. The number of fused-ring (bicyclic) bond motifs is 1. The average Bonchev–Trinajstić information content (AvgIpc) is 2.44. The van der Waals surface area contributed by atoms with Crippen molar-refractivity contribution < 1.29 is 14.6 Å². The first-order valence-corrected chi connectivity index (χ1v) is 10.0. The molecule has 0 aromatic heterocycles. The Balaban J connectivity index is 2.03. The minimum absolute atomic E-state index is 0.0872. The maximum atomic E-state index is 11.5. The molecule has 0 spiro atoms. The second-order valence-corrected chi connectivity index (χ2v) is 9.46. The fourth-order valence-electron chi connectivity index (χ4n) is 6.02. The Morgan fingerprint density at radius 3 is 2.54 bits per heavy atom. The monoisotopic (exact) mass is 338 g/mol. The summed E-state index contributed by atoms with van der Waals surface area (Å²) >= 11 is 0. The van der Waals surface area contributed by atoms with Gasteiger partial charge in [-0.15, -0.1) is 0 Å². The van der Waals surface area contributed by atoms with Crippen molar-refractivity contribution in [2.45, 2.75) is 98.0 Å². The largest absolute Gasteiger partial charge is 0.466 e. The van der Waals surface area contributed by atoms with Crippen molar-refractivity contribution in [2.24, 2.45) is 22.7 Å². The molecule has 24 heavy (non-hydrogen) atoms. The molecule has 4 atom stereocenters. The van der Waals surface area contributed by atoms with Gasteiger partial charge < -0.3 is 9.84 Å². The van der Waals surface area contributed by atoms with Crippen LogP contribution in [0, 0.1) is 22.7 Å². The molecule has 0 unspecified atom stereocenters. The highest BCUT2D eigenvalue weighted by Gasteiger charge is 2.57. The fourth-order valence-corrected chi connectivity index (χ4v) is 6.02. The van der Waals surface area contributed by atoms with Crippen LogP contribution >= 0.6 is 0 Å². The summed E-state index contributed by atoms with van der Waals surface area (Å²) in [5.41, 5.74) is -0.0155. The quantitative estimate of drug-likeness (QED) is 0.541. The molecule has 0 bridgehead atoms. The molecule has 0 aromatic rings. The molecule has 0 amide bonds. The van der Waals surface area contributed by atoms with E-state index in [0.717, 1.165) is 32.1 Å². The summed E-state index contributed by atoms with van der Waals surface area (Å²) in [4.78, 5) is 11.5. The number of carbonyl (C=O) groups is 1. The summed E-state index contributed by atoms with van der Waals surface area (Å²) in [6.45, 7) is 11.8. The van der Waals surface area contributed by atoms with Gasteiger partial charge in [-0.05, 0) is 74.5 Å². The number of carbonyl (C=O) groups excluding carboxylic acids is 1. The molecule has 0 saturated heterocycles. The molecular weight excluding hydrogens is 300 g/mol. The third-order valence-electron chi connectivity index (χ3n) is 7.12. The minimum atomic E-state index is -0.591. The van der Waals surface area contributed by atoms with Crippen LogP contribution in [0.15, 0.2) is 0 Å². The zero-order valence-corrected chi connectivity index (χ0v) is 16.5. The van der Waals surface area contributed by atoms with E-state index in [4.69, 9.17) is 4.74 Å². The van der Waals surface area contributed by atoms with E-state index >= 15 is 0 Å². The highest BCUT2D eigenvalue weighted by atomic mass is 16.5. The van der Waals surface area contributed by atoms with Crippen molar-refractivity contribution in [2.75, 3.05) is 6.61 Å². The van der Waals surface area contributed by atoms with E-state index in [-0.39, 0.29) is 11.4 Å². The summed E-state index contributed by atoms with van der Waals surface area (Å²) in [5.74, 6) is 0.899. The van der Waals surface area contributed by atoms with E-state index in [1.54, 1.807) is 0 Å². The molecule has 2 aliphatic rings. The third kappa shape index (κ3) is 3.98. The Kier molecular flexibility index (Phi) is 6.05. The van der Waals surface area contributed by atoms with E-state index in [9.17, 15) is 9.90 Å². The fraction of sp³-hybridized carbons (Fsp3) is 0.952. The second-order valence-electron chi connectivity index (χ2n) is 9.46. The maximum absolute atomic E-state index is 11.5. The lowest BCUT2D eigenvalue weighted by Gasteiger charge is -2.61. The first-order valence-electron chi connectivity index (χ1n) is 10.0. The molecule has 2 saturated carbocycles. The molecule has 3 heteroatoms. The van der Waals surface area contributed by atoms with Gasteiger partial charge >= 0.3 is 5.97 Å². The van der Waals surface area contributed by atoms with E-state index < -0.39 is 5.60 Å². The van der Waals surface area contributed by atoms with Crippen LogP contribution in [0.5, 0.6) is 0 Å². The molecule has 0 aliphatic heterocycles. The smallest absolute Gasteiger partial charge is 0.305 e. The Bertz CT molecular complexity index is 440. The standard InChI is InChI=1S/C21H38O3/c1-6-9-18(22)24-15-7-10-17-20(4)13-8-12-19(2,3)16(20)11-14-21(17,5)23/h16-17,23H,6-15H2,1-5H3/t16-,17+,20-,21+/m1/s1. The van der Waals surface area contributed by atoms with E-state index in [0.29, 0.717) is 30.3 Å². The Labute approximate surface area is 148 Å². The van der Waals surface area contributed by atoms with Crippen LogP contribution in [-0.2, 0) is 9.53 Å². The summed E-state index contributed by atoms with van der Waals surface area (Å²) < 4.78 is 5.33. The van der Waals surface area contributed by atoms with Gasteiger partial charge in [0.15, 0.2) is 0 Å². The number of hydrogen-bond acceptors (Lipinski definition) is 3. The van der Waals surface area contributed by atoms with Crippen molar-refractivity contribution in [1.29, 1.82) is 0 Å². The van der Waals surface area contributed by atoms with Gasteiger partial charge in [0.05, 0.1) is 12.2 Å². The summed E-state index contributed by atoms with van der Waals surface area (Å²) in [7, 11) is 0. The van der Waals surface area contributed by atoms with Crippen LogP contribution in [0.1, 0.15) is 92.4 Å². The van der Waals surface area contributed by atoms with Gasteiger partial charge in [-0.3, -0.25) is 4.79 Å². The van der Waals surface area contributed by atoms with Crippen LogP contribution in [0.2, 0.25) is 0 Å². The van der Waals surface area contributed by atoms with Crippen LogP contribution in [0.3, 0.4) is 0 Å². The predicted octanol–water partition coefficient (Wildman–Crippen LogP) is 5.10. The molecule has 2 aliphatic carbocycles. The van der Waals surface area contributed by atoms with E-state index in [1.165, 1.54) is 19.3 Å². The Morgan fingerprint density at radius 1 is 1.17 bits per heavy atom. The predicted molar refractivity (Wildman–Crippen MR) is 97.7 cm³/mol. The Hall–Kier alpha value is -0.570. The summed E-state index contributed by atoms with van der Waals surface area (Å²) in [6, 6.07) is 0. The van der Waals surface area contributed by atoms with Crippen molar-refractivity contribution in [3.8, 4) is 0 Å². The van der Waals surface area contributed by atoms with Gasteiger partial charge in [-0.2, -0.15) is 0 Å². The topological polar surface area (TPSA) is 46.5 Å². The molecular formula is C21H38O3. The van der Waals surface area contributed by atoms with Crippen LogP contribution in [0.4, 0.5) is 0 Å². The van der Waals surface area contributed by atoms with Crippen LogP contribution in [0.25, 0.3) is 0 Å². The number of ether oxygens (including phenoxy) is 1. The Morgan fingerprint density at radius 2 is 1.88 bits per heavy atom. The van der Waals surface area contributed by atoms with Gasteiger partial charge in [-0.1, -0.05) is 34.1 Å². The third-order valence-corrected chi connectivity index (χ3v) is 7.12. The first-order chi connectivity index (χ1) is 11.1. The van der Waals surface area contributed by atoms with Crippen molar-refractivity contribution >= 4 is 5.97 Å². The lowest BCUT2D eigenvalue weighted by atomic mass is 9.45. The number of esters is 1. The zero-order chi connectivity index (χ0) is 18.0. The lowest BCUT2D eigenvalue weighted by Crippen LogP contribution is -2.57. The number of hydrogen-bond donors (Lipinski definition) is 1. The minimum Gasteiger partial charge on any atom is -0.466 e. The van der Waals surface area contributed by atoms with Crippen molar-refractivity contribution in [3.05, 3.63) is 0 Å². The SMILES string of the molecule is CCCC(=O)OCCC[C@H]1[C@]2(C)CCCC(C)(C)[C@H]2CC[C@]1(C)O. The molecule has 0 radical (unpaired) electrons. The summed E-state index contributed by atoms with van der Waals surface area (Å²) in [5, 5.41) is 11.1. The van der Waals surface area contributed by atoms with Crippen molar-refractivity contribution in [1.82, 2.24) is 0 Å². The van der Waals surface area contributed by atoms with Gasteiger partial charge in [0.2, 0.25) is 0 Å².